The van der Waals surface area contributed by atoms with E-state index in [4.69, 9.17) is 18.5 Å². The number of hydrogen-bond donors (Lipinski definition) is 1. The van der Waals surface area contributed by atoms with E-state index >= 15 is 0 Å². The first-order valence-corrected chi connectivity index (χ1v) is 23.3. The summed E-state index contributed by atoms with van der Waals surface area (Å²) in [5.41, 5.74) is 0.999. The highest BCUT2D eigenvalue weighted by atomic mass is 79.9. The molecule has 0 heterocycles. The van der Waals surface area contributed by atoms with Crippen LogP contribution in [0.5, 0.6) is 5.75 Å². The van der Waals surface area contributed by atoms with Gasteiger partial charge in [-0.25, -0.2) is 4.57 Å². The van der Waals surface area contributed by atoms with Crippen molar-refractivity contribution >= 4 is 31.0 Å². The monoisotopic (exact) mass is 840 g/mol. The maximum atomic E-state index is 13.1. The molecule has 6 nitrogen and oxygen atoms in total. The van der Waals surface area contributed by atoms with E-state index in [1.807, 2.05) is 30.3 Å². The molecule has 0 fully saturated rings. The molecule has 0 saturated carbocycles. The zero-order valence-electron chi connectivity index (χ0n) is 32.5. The molecule has 0 bridgehead atoms. The molecule has 1 N–H and O–H groups in total. The molecule has 0 aliphatic heterocycles. The minimum Gasteiger partial charge on any atom is -1.00 e. The Morgan fingerprint density at radius 3 is 1.54 bits per heavy atom. The number of rotatable bonds is 28. The largest absolute Gasteiger partial charge is 1.00 e. The van der Waals surface area contributed by atoms with Gasteiger partial charge in [0.15, 0.2) is 0 Å². The van der Waals surface area contributed by atoms with E-state index < -0.39 is 21.2 Å². The Kier molecular flexibility index (Phi) is 22.6. The van der Waals surface area contributed by atoms with Crippen LogP contribution in [0.25, 0.3) is 0 Å². The summed E-state index contributed by atoms with van der Waals surface area (Å²) in [6.07, 6.45) is 18.6. The van der Waals surface area contributed by atoms with E-state index in [9.17, 15) is 9.46 Å². The smallest absolute Gasteiger partial charge is 0.527 e. The van der Waals surface area contributed by atoms with Crippen molar-refractivity contribution in [3.05, 3.63) is 121 Å². The summed E-state index contributed by atoms with van der Waals surface area (Å²) in [5, 5.41) is 3.78. The van der Waals surface area contributed by atoms with Gasteiger partial charge >= 0.3 is 7.82 Å². The molecule has 296 valence electrons. The molecule has 54 heavy (non-hydrogen) atoms. The number of benzene rings is 4. The molecule has 0 spiro atoms. The quantitative estimate of drug-likeness (QED) is 0.0460. The summed E-state index contributed by atoms with van der Waals surface area (Å²) in [6, 6.07) is 39.4. The lowest BCUT2D eigenvalue weighted by Gasteiger charge is -2.28. The van der Waals surface area contributed by atoms with E-state index in [1.54, 1.807) is 13.2 Å². The number of ether oxygens (including phenoxy) is 2. The van der Waals surface area contributed by atoms with Crippen LogP contribution in [-0.4, -0.2) is 37.9 Å². The molecule has 0 radical (unpaired) electrons. The molecule has 4 aromatic carbocycles. The molecule has 0 aliphatic rings. The van der Waals surface area contributed by atoms with Gasteiger partial charge in [0, 0.05) is 13.7 Å². The van der Waals surface area contributed by atoms with Crippen molar-refractivity contribution in [2.45, 2.75) is 109 Å². The fourth-order valence-electron chi connectivity index (χ4n) is 6.88. The van der Waals surface area contributed by atoms with Gasteiger partial charge in [0.05, 0.1) is 19.4 Å². The topological polar surface area (TPSA) is 74.2 Å². The van der Waals surface area contributed by atoms with Crippen LogP contribution in [-0.2, 0) is 24.7 Å². The molecule has 0 aliphatic carbocycles. The number of phosphoric acid groups is 1. The van der Waals surface area contributed by atoms with Gasteiger partial charge < -0.3 is 31.0 Å². The van der Waals surface area contributed by atoms with Crippen LogP contribution in [0, 0.1) is 0 Å². The average molecular weight is 842 g/mol. The van der Waals surface area contributed by atoms with Crippen LogP contribution in [0.1, 0.15) is 102 Å². The van der Waals surface area contributed by atoms with Crippen LogP contribution in [0.4, 0.5) is 0 Å². The predicted octanol–water partition coefficient (Wildman–Crippen LogP) is 8.19. The Balaban J connectivity index is 0.00000784. The zero-order chi connectivity index (χ0) is 37.5. The van der Waals surface area contributed by atoms with Gasteiger partial charge in [0.2, 0.25) is 0 Å². The van der Waals surface area contributed by atoms with Gasteiger partial charge in [0.25, 0.3) is 0 Å². The van der Waals surface area contributed by atoms with Gasteiger partial charge in [-0.2, -0.15) is 0 Å². The first-order valence-electron chi connectivity index (χ1n) is 19.9. The molecule has 9 heteroatoms. The summed E-state index contributed by atoms with van der Waals surface area (Å²) in [5.74, 6) is 0.281. The van der Waals surface area contributed by atoms with Crippen LogP contribution < -0.4 is 37.4 Å². The van der Waals surface area contributed by atoms with Crippen molar-refractivity contribution < 1.29 is 45.0 Å². The van der Waals surface area contributed by atoms with Crippen LogP contribution in [0.15, 0.2) is 115 Å². The lowest BCUT2D eigenvalue weighted by molar-refractivity contribution is -0.0197. The number of hydrogen-bond acceptors (Lipinski definition) is 5. The molecule has 4 aromatic rings. The maximum absolute atomic E-state index is 13.1. The third-order valence-corrected chi connectivity index (χ3v) is 15.1. The van der Waals surface area contributed by atoms with Gasteiger partial charge in [-0.3, -0.25) is 9.42 Å². The van der Waals surface area contributed by atoms with Crippen molar-refractivity contribution in [3.8, 4) is 5.75 Å². The Morgan fingerprint density at radius 1 is 0.611 bits per heavy atom. The number of phosphoric ester groups is 1. The normalized spacial score (nSPS) is 13.2. The molecule has 2 unspecified atom stereocenters. The number of methoxy groups -OCH3 is 1. The van der Waals surface area contributed by atoms with Crippen LogP contribution in [0.2, 0.25) is 0 Å². The molecule has 0 amide bonds. The summed E-state index contributed by atoms with van der Waals surface area (Å²) in [6.45, 7) is 3.08. The van der Waals surface area contributed by atoms with Gasteiger partial charge in [-0.1, -0.05) is 157 Å². The molecule has 2 atom stereocenters. The van der Waals surface area contributed by atoms with Gasteiger partial charge in [0.1, 0.15) is 35.0 Å². The molecular formula is C45H63BrO6P2. The number of halogens is 1. The predicted molar refractivity (Wildman–Crippen MR) is 224 cm³/mol. The Morgan fingerprint density at radius 2 is 1.07 bits per heavy atom. The van der Waals surface area contributed by atoms with Crippen molar-refractivity contribution in [3.63, 3.8) is 0 Å². The van der Waals surface area contributed by atoms with Gasteiger partial charge in [-0.05, 0) is 60.5 Å². The van der Waals surface area contributed by atoms with Crippen molar-refractivity contribution in [2.24, 2.45) is 0 Å². The fourth-order valence-corrected chi connectivity index (χ4v) is 11.9. The molecule has 0 saturated heterocycles. The minimum atomic E-state index is -4.43. The first kappa shape index (κ1) is 46.0. The van der Waals surface area contributed by atoms with Crippen molar-refractivity contribution in [1.82, 2.24) is 0 Å². The lowest BCUT2D eigenvalue weighted by atomic mass is 10.0. The van der Waals surface area contributed by atoms with E-state index in [0.717, 1.165) is 18.4 Å². The molecule has 4 rings (SSSR count). The second-order valence-electron chi connectivity index (χ2n) is 14.0. The number of unbranched alkanes of at least 4 members (excludes halogenated alkanes) is 13. The van der Waals surface area contributed by atoms with Crippen LogP contribution >= 0.6 is 15.1 Å². The van der Waals surface area contributed by atoms with E-state index in [1.165, 1.54) is 93.0 Å². The van der Waals surface area contributed by atoms with E-state index in [-0.39, 0.29) is 35.9 Å². The summed E-state index contributed by atoms with van der Waals surface area (Å²) in [7, 11) is -5.03. The third kappa shape index (κ3) is 16.0. The van der Waals surface area contributed by atoms with Crippen molar-refractivity contribution in [1.29, 1.82) is 0 Å². The van der Waals surface area contributed by atoms with E-state index in [2.05, 4.69) is 85.8 Å². The zero-order valence-corrected chi connectivity index (χ0v) is 35.9. The maximum Gasteiger partial charge on any atom is 0.527 e. The van der Waals surface area contributed by atoms with Gasteiger partial charge in [-0.15, -0.1) is 0 Å². The third-order valence-electron chi connectivity index (χ3n) is 9.83. The summed E-state index contributed by atoms with van der Waals surface area (Å²) >= 11 is 0. The molecular weight excluding hydrogens is 778 g/mol. The second-order valence-corrected chi connectivity index (χ2v) is 18.9. The highest BCUT2D eigenvalue weighted by Crippen LogP contribution is 2.58. The first-order chi connectivity index (χ1) is 26.0. The molecule has 0 aromatic heterocycles. The Bertz CT molecular complexity index is 1480. The lowest BCUT2D eigenvalue weighted by Crippen LogP contribution is -3.00. The van der Waals surface area contributed by atoms with E-state index in [0.29, 0.717) is 12.8 Å². The SMILES string of the molecule is CCCCCCCCCCCCCCCCOCC(COP(=O)(O)Oc1cccc(C[P+](c2ccccc2)(c2ccccc2)c2ccccc2)c1)OC.[Br-]. The highest BCUT2D eigenvalue weighted by Gasteiger charge is 2.45. The summed E-state index contributed by atoms with van der Waals surface area (Å²) < 4.78 is 35.4. The minimum absolute atomic E-state index is 0. The summed E-state index contributed by atoms with van der Waals surface area (Å²) in [4.78, 5) is 10.7. The standard InChI is InChI=1S/C45H62O6P2.BrH/c1-3-4-5-6-7-8-9-10-11-12-13-14-15-25-35-49-37-42(48-2)38-50-53(46,47)51-41-28-26-27-40(36-41)39-52(43-29-19-16-20-30-43,44-31-21-17-22-32-44)45-33-23-18-24-34-45;/h16-24,26-34,36,42H,3-15,25,35,37-39H2,1-2H3;1H. The second kappa shape index (κ2) is 26.5. The Labute approximate surface area is 337 Å². The highest BCUT2D eigenvalue weighted by molar-refractivity contribution is 7.95. The fraction of sp³-hybridized carbons (Fsp3) is 0.467. The average Bonchev–Trinajstić information content (AvgIpc) is 3.19. The van der Waals surface area contributed by atoms with Crippen molar-refractivity contribution in [2.75, 3.05) is 26.9 Å². The van der Waals surface area contributed by atoms with Crippen LogP contribution in [0.3, 0.4) is 0 Å². The Hall–Kier alpha value is -2.34.